The normalized spacial score (nSPS) is 12.8. The van der Waals surface area contributed by atoms with Crippen molar-refractivity contribution in [2.75, 3.05) is 6.61 Å². The molecule has 0 bridgehead atoms. The van der Waals surface area contributed by atoms with Gasteiger partial charge in [0, 0.05) is 18.2 Å². The first-order valence-corrected chi connectivity index (χ1v) is 6.27. The molecule has 0 saturated heterocycles. The summed E-state index contributed by atoms with van der Waals surface area (Å²) in [5.41, 5.74) is 1.60. The monoisotopic (exact) mass is 254 g/mol. The van der Waals surface area contributed by atoms with E-state index in [4.69, 9.17) is 9.63 Å². The van der Waals surface area contributed by atoms with Crippen LogP contribution in [0, 0.1) is 19.8 Å². The fraction of sp³-hybridized carbons (Fsp3) is 0.692. The van der Waals surface area contributed by atoms with E-state index in [-0.39, 0.29) is 25.0 Å². The Hall–Kier alpha value is -1.36. The number of nitrogens with one attached hydrogen (secondary N) is 1. The first-order chi connectivity index (χ1) is 8.45. The Morgan fingerprint density at radius 1 is 1.44 bits per heavy atom. The van der Waals surface area contributed by atoms with Gasteiger partial charge in [0.1, 0.15) is 5.76 Å². The summed E-state index contributed by atoms with van der Waals surface area (Å²) in [5.74, 6) is 0.924. The molecule has 0 saturated carbocycles. The van der Waals surface area contributed by atoms with Crippen molar-refractivity contribution in [1.29, 1.82) is 0 Å². The molecule has 1 rings (SSSR count). The average molecular weight is 254 g/mol. The van der Waals surface area contributed by atoms with E-state index in [2.05, 4.69) is 10.5 Å². The second kappa shape index (κ2) is 6.54. The summed E-state index contributed by atoms with van der Waals surface area (Å²) in [4.78, 5) is 11.9. The van der Waals surface area contributed by atoms with Crippen LogP contribution >= 0.6 is 0 Å². The number of nitrogens with zero attached hydrogens (tertiary/aromatic N) is 1. The molecule has 1 amide bonds. The zero-order valence-corrected chi connectivity index (χ0v) is 11.5. The van der Waals surface area contributed by atoms with Gasteiger partial charge in [-0.2, -0.15) is 0 Å². The van der Waals surface area contributed by atoms with E-state index in [0.717, 1.165) is 11.3 Å². The van der Waals surface area contributed by atoms with E-state index in [9.17, 15) is 4.79 Å². The van der Waals surface area contributed by atoms with Gasteiger partial charge in [0.05, 0.1) is 12.1 Å². The molecule has 0 aliphatic rings. The molecule has 0 spiro atoms. The summed E-state index contributed by atoms with van der Waals surface area (Å²) in [6, 6.07) is 0.00275. The summed E-state index contributed by atoms with van der Waals surface area (Å²) >= 11 is 0. The maximum absolute atomic E-state index is 11.9. The van der Waals surface area contributed by atoms with Gasteiger partial charge in [-0.05, 0) is 26.2 Å². The van der Waals surface area contributed by atoms with Crippen LogP contribution in [0.3, 0.4) is 0 Å². The number of amides is 1. The van der Waals surface area contributed by atoms with Crippen molar-refractivity contribution in [3.05, 3.63) is 17.0 Å². The summed E-state index contributed by atoms with van der Waals surface area (Å²) < 4.78 is 5.03. The molecule has 1 heterocycles. The highest BCUT2D eigenvalue weighted by molar-refractivity contribution is 5.79. The van der Waals surface area contributed by atoms with Crippen LogP contribution in [0.2, 0.25) is 0 Å². The van der Waals surface area contributed by atoms with Crippen molar-refractivity contribution in [2.24, 2.45) is 5.92 Å². The summed E-state index contributed by atoms with van der Waals surface area (Å²) in [7, 11) is 0. The van der Waals surface area contributed by atoms with Gasteiger partial charge in [0.25, 0.3) is 0 Å². The highest BCUT2D eigenvalue weighted by Gasteiger charge is 2.18. The second-order valence-corrected chi connectivity index (χ2v) is 4.91. The summed E-state index contributed by atoms with van der Waals surface area (Å²) in [5, 5.41) is 15.7. The maximum atomic E-state index is 11.9. The number of carbonyl (C=O) groups is 1. The molecule has 5 nitrogen and oxygen atoms in total. The fourth-order valence-electron chi connectivity index (χ4n) is 1.88. The van der Waals surface area contributed by atoms with Crippen molar-refractivity contribution in [3.8, 4) is 0 Å². The standard InChI is InChI=1S/C13H22N2O3/c1-8(2)12(5-6-16)14-13(17)7-11-9(3)15-18-10(11)4/h8,12,16H,5-7H2,1-4H3,(H,14,17). The molecular weight excluding hydrogens is 232 g/mol. The highest BCUT2D eigenvalue weighted by Crippen LogP contribution is 2.13. The third-order valence-corrected chi connectivity index (χ3v) is 3.11. The van der Waals surface area contributed by atoms with E-state index >= 15 is 0 Å². The van der Waals surface area contributed by atoms with Crippen molar-refractivity contribution >= 4 is 5.91 Å². The number of aromatic nitrogens is 1. The highest BCUT2D eigenvalue weighted by atomic mass is 16.5. The molecule has 0 fully saturated rings. The molecule has 0 aromatic carbocycles. The van der Waals surface area contributed by atoms with Gasteiger partial charge in [0.15, 0.2) is 0 Å². The van der Waals surface area contributed by atoms with Crippen molar-refractivity contribution in [2.45, 2.75) is 46.6 Å². The lowest BCUT2D eigenvalue weighted by atomic mass is 10.0. The second-order valence-electron chi connectivity index (χ2n) is 4.91. The molecule has 18 heavy (non-hydrogen) atoms. The van der Waals surface area contributed by atoms with Crippen molar-refractivity contribution in [1.82, 2.24) is 10.5 Å². The van der Waals surface area contributed by atoms with Gasteiger partial charge in [-0.3, -0.25) is 4.79 Å². The molecule has 102 valence electrons. The molecule has 1 unspecified atom stereocenters. The van der Waals surface area contributed by atoms with Gasteiger partial charge in [0.2, 0.25) is 5.91 Å². The topological polar surface area (TPSA) is 75.4 Å². The van der Waals surface area contributed by atoms with E-state index in [1.54, 1.807) is 6.92 Å². The van der Waals surface area contributed by atoms with Gasteiger partial charge in [-0.1, -0.05) is 19.0 Å². The van der Waals surface area contributed by atoms with Gasteiger partial charge >= 0.3 is 0 Å². The first kappa shape index (κ1) is 14.7. The predicted molar refractivity (Wildman–Crippen MR) is 68.2 cm³/mol. The lowest BCUT2D eigenvalue weighted by Crippen LogP contribution is -2.40. The molecule has 0 aliphatic carbocycles. The van der Waals surface area contributed by atoms with E-state index in [1.807, 2.05) is 20.8 Å². The third-order valence-electron chi connectivity index (χ3n) is 3.11. The van der Waals surface area contributed by atoms with E-state index < -0.39 is 0 Å². The van der Waals surface area contributed by atoms with Crippen LogP contribution < -0.4 is 5.32 Å². The predicted octanol–water partition coefficient (Wildman–Crippen LogP) is 1.36. The quantitative estimate of drug-likeness (QED) is 0.803. The van der Waals surface area contributed by atoms with Crippen molar-refractivity contribution < 1.29 is 14.4 Å². The zero-order valence-electron chi connectivity index (χ0n) is 11.5. The fourth-order valence-corrected chi connectivity index (χ4v) is 1.88. The largest absolute Gasteiger partial charge is 0.396 e. The number of rotatable bonds is 6. The number of carbonyl (C=O) groups excluding carboxylic acids is 1. The average Bonchev–Trinajstić information content (AvgIpc) is 2.60. The molecule has 1 aromatic heterocycles. The Balaban J connectivity index is 2.60. The van der Waals surface area contributed by atoms with Gasteiger partial charge in [-0.15, -0.1) is 0 Å². The van der Waals surface area contributed by atoms with Gasteiger partial charge in [-0.25, -0.2) is 0 Å². The number of aliphatic hydroxyl groups is 1. The molecule has 0 aliphatic heterocycles. The number of aryl methyl sites for hydroxylation is 2. The number of hydrogen-bond donors (Lipinski definition) is 2. The lowest BCUT2D eigenvalue weighted by molar-refractivity contribution is -0.121. The van der Waals surface area contributed by atoms with Crippen LogP contribution in [-0.2, 0) is 11.2 Å². The smallest absolute Gasteiger partial charge is 0.224 e. The molecular formula is C13H22N2O3. The minimum Gasteiger partial charge on any atom is -0.396 e. The van der Waals surface area contributed by atoms with Crippen LogP contribution in [0.4, 0.5) is 0 Å². The molecule has 0 radical (unpaired) electrons. The van der Waals surface area contributed by atoms with Crippen LogP contribution in [0.25, 0.3) is 0 Å². The number of hydrogen-bond acceptors (Lipinski definition) is 4. The van der Waals surface area contributed by atoms with Crippen LogP contribution in [0.5, 0.6) is 0 Å². The zero-order chi connectivity index (χ0) is 13.7. The maximum Gasteiger partial charge on any atom is 0.224 e. The minimum atomic E-state index is -0.0588. The van der Waals surface area contributed by atoms with Gasteiger partial charge < -0.3 is 14.9 Å². The van der Waals surface area contributed by atoms with E-state index in [0.29, 0.717) is 18.1 Å². The molecule has 1 atom stereocenters. The number of aliphatic hydroxyl groups excluding tert-OH is 1. The van der Waals surface area contributed by atoms with Crippen LogP contribution in [-0.4, -0.2) is 28.8 Å². The summed E-state index contributed by atoms with van der Waals surface area (Å²) in [6.07, 6.45) is 0.848. The van der Waals surface area contributed by atoms with Crippen molar-refractivity contribution in [3.63, 3.8) is 0 Å². The van der Waals surface area contributed by atoms with E-state index in [1.165, 1.54) is 0 Å². The Labute approximate surface area is 108 Å². The lowest BCUT2D eigenvalue weighted by Gasteiger charge is -2.21. The van der Waals surface area contributed by atoms with Crippen LogP contribution in [0.15, 0.2) is 4.52 Å². The third kappa shape index (κ3) is 3.84. The molecule has 5 heteroatoms. The Kier molecular flexibility index (Phi) is 5.34. The Morgan fingerprint density at radius 2 is 2.11 bits per heavy atom. The SMILES string of the molecule is Cc1noc(C)c1CC(=O)NC(CCO)C(C)C. The Bertz CT molecular complexity index is 379. The Morgan fingerprint density at radius 3 is 2.56 bits per heavy atom. The van der Waals surface area contributed by atoms with Crippen LogP contribution in [0.1, 0.15) is 37.3 Å². The molecule has 1 aromatic rings. The first-order valence-electron chi connectivity index (χ1n) is 6.27. The summed E-state index contributed by atoms with van der Waals surface area (Å²) in [6.45, 7) is 7.75. The molecule has 2 N–H and O–H groups in total. The minimum absolute atomic E-state index is 0.00275.